The molecule has 0 amide bonds. The first kappa shape index (κ1) is 26.2. The van der Waals surface area contributed by atoms with E-state index < -0.39 is 5.82 Å². The molecular weight excluding hydrogens is 580 g/mol. The Labute approximate surface area is 193 Å². The van der Waals surface area contributed by atoms with Gasteiger partial charge < -0.3 is 5.73 Å². The van der Waals surface area contributed by atoms with Crippen molar-refractivity contribution >= 4 is 96.2 Å². The molecule has 2 aromatic rings. The summed E-state index contributed by atoms with van der Waals surface area (Å²) in [7, 11) is 0. The summed E-state index contributed by atoms with van der Waals surface area (Å²) < 4.78 is 26.1. The third-order valence-corrected chi connectivity index (χ3v) is 5.78. The van der Waals surface area contributed by atoms with Gasteiger partial charge in [0.05, 0.1) is 20.1 Å². The summed E-state index contributed by atoms with van der Waals surface area (Å²) in [6, 6.07) is 5.36. The van der Waals surface area contributed by atoms with Crippen LogP contribution in [0.5, 0.6) is 0 Å². The van der Waals surface area contributed by atoms with Crippen molar-refractivity contribution in [3.05, 3.63) is 67.1 Å². The second-order valence-corrected chi connectivity index (χ2v) is 7.58. The van der Waals surface area contributed by atoms with E-state index in [4.69, 9.17) is 57.5 Å². The van der Waals surface area contributed by atoms with E-state index in [9.17, 15) is 8.78 Å². The topological polar surface area (TPSA) is 49.9 Å². The zero-order chi connectivity index (χ0) is 19.1. The Balaban J connectivity index is 0.000000475. The predicted molar refractivity (Wildman–Crippen MR) is 119 cm³/mol. The molecule has 0 saturated carbocycles. The third-order valence-electron chi connectivity index (χ3n) is 2.78. The first-order valence-corrected chi connectivity index (χ1v) is 10.1. The Kier molecular flexibility index (Phi) is 12.8. The van der Waals surface area contributed by atoms with Crippen molar-refractivity contribution in [2.24, 2.45) is 5.73 Å². The van der Waals surface area contributed by atoms with Crippen molar-refractivity contribution in [2.75, 3.05) is 0 Å². The SMILES string of the molecule is Br.Fc1ccc(Cl)c(Cl)c1CBr.N=C(N)SCc1c(F)ccc(Cl)c1Cl. The molecule has 144 valence electrons. The highest BCUT2D eigenvalue weighted by Gasteiger charge is 2.11. The Morgan fingerprint density at radius 2 is 1.38 bits per heavy atom. The third kappa shape index (κ3) is 7.70. The second kappa shape index (κ2) is 12.6. The van der Waals surface area contributed by atoms with Crippen molar-refractivity contribution in [1.29, 1.82) is 5.41 Å². The predicted octanol–water partition coefficient (Wildman–Crippen LogP) is 7.86. The van der Waals surface area contributed by atoms with Crippen molar-refractivity contribution in [2.45, 2.75) is 11.1 Å². The summed E-state index contributed by atoms with van der Waals surface area (Å²) in [6.07, 6.45) is 0. The summed E-state index contributed by atoms with van der Waals surface area (Å²) in [4.78, 5) is 0. The second-order valence-electron chi connectivity index (χ2n) is 4.43. The molecule has 0 heterocycles. The lowest BCUT2D eigenvalue weighted by Gasteiger charge is -2.05. The van der Waals surface area contributed by atoms with Gasteiger partial charge in [-0.1, -0.05) is 74.1 Å². The van der Waals surface area contributed by atoms with Crippen molar-refractivity contribution in [1.82, 2.24) is 0 Å². The zero-order valence-electron chi connectivity index (χ0n) is 12.8. The van der Waals surface area contributed by atoms with Gasteiger partial charge in [0.25, 0.3) is 0 Å². The summed E-state index contributed by atoms with van der Waals surface area (Å²) in [6.45, 7) is 0. The van der Waals surface area contributed by atoms with Gasteiger partial charge in [0.15, 0.2) is 5.17 Å². The molecule has 0 radical (unpaired) electrons. The molecule has 0 aliphatic carbocycles. The molecule has 2 nitrogen and oxygen atoms in total. The van der Waals surface area contributed by atoms with Crippen LogP contribution >= 0.6 is 91.1 Å². The Bertz CT molecular complexity index is 782. The molecule has 3 N–H and O–H groups in total. The number of alkyl halides is 1. The number of hydrogen-bond donors (Lipinski definition) is 2. The van der Waals surface area contributed by atoms with Crippen molar-refractivity contribution in [3.63, 3.8) is 0 Å². The minimum atomic E-state index is -0.437. The number of rotatable bonds is 3. The minimum Gasteiger partial charge on any atom is -0.379 e. The van der Waals surface area contributed by atoms with Gasteiger partial charge in [-0.2, -0.15) is 0 Å². The molecule has 0 atom stereocenters. The van der Waals surface area contributed by atoms with Crippen LogP contribution in [0, 0.1) is 17.0 Å². The molecule has 0 aromatic heterocycles. The number of halogens is 8. The number of hydrogen-bond acceptors (Lipinski definition) is 2. The Hall–Kier alpha value is 0.240. The van der Waals surface area contributed by atoms with E-state index in [1.807, 2.05) is 0 Å². The molecule has 0 bridgehead atoms. The summed E-state index contributed by atoms with van der Waals surface area (Å²) >= 11 is 26.9. The van der Waals surface area contributed by atoms with Gasteiger partial charge >= 0.3 is 0 Å². The van der Waals surface area contributed by atoms with Crippen LogP contribution in [0.1, 0.15) is 11.1 Å². The normalized spacial score (nSPS) is 9.81. The van der Waals surface area contributed by atoms with E-state index in [1.165, 1.54) is 24.3 Å². The lowest BCUT2D eigenvalue weighted by atomic mass is 10.2. The maximum absolute atomic E-state index is 13.2. The van der Waals surface area contributed by atoms with Crippen LogP contribution < -0.4 is 5.73 Å². The molecule has 0 aliphatic heterocycles. The van der Waals surface area contributed by atoms with Crippen LogP contribution in [0.25, 0.3) is 0 Å². The van der Waals surface area contributed by atoms with E-state index >= 15 is 0 Å². The molecule has 0 aliphatic rings. The van der Waals surface area contributed by atoms with Crippen LogP contribution in [0.2, 0.25) is 20.1 Å². The number of benzene rings is 2. The molecule has 11 heteroatoms. The van der Waals surface area contributed by atoms with Gasteiger partial charge in [-0.15, -0.1) is 17.0 Å². The van der Waals surface area contributed by atoms with Crippen LogP contribution in [-0.2, 0) is 11.1 Å². The number of thioether (sulfide) groups is 1. The largest absolute Gasteiger partial charge is 0.379 e. The first-order valence-electron chi connectivity index (χ1n) is 6.46. The van der Waals surface area contributed by atoms with E-state index in [2.05, 4.69) is 15.9 Å². The smallest absolute Gasteiger partial charge is 0.151 e. The number of nitrogens with two attached hydrogens (primary N) is 1. The average Bonchev–Trinajstić information content (AvgIpc) is 2.56. The number of nitrogens with one attached hydrogen (secondary N) is 1. The Morgan fingerprint density at radius 3 is 1.77 bits per heavy atom. The van der Waals surface area contributed by atoms with Crippen LogP contribution in [-0.4, -0.2) is 5.17 Å². The fraction of sp³-hybridized carbons (Fsp3) is 0.133. The summed E-state index contributed by atoms with van der Waals surface area (Å²) in [5, 5.41) is 8.41. The van der Waals surface area contributed by atoms with Gasteiger partial charge in [-0.3, -0.25) is 5.41 Å². The molecule has 26 heavy (non-hydrogen) atoms. The van der Waals surface area contributed by atoms with E-state index in [0.717, 1.165) is 11.8 Å². The first-order chi connectivity index (χ1) is 11.7. The standard InChI is InChI=1S/C8H7Cl2FN2S.C7H4BrCl2F.BrH/c9-5-1-2-6(11)4(7(5)10)3-14-8(12)13;8-3-4-6(11)2-1-5(9)7(4)10;/h1-2H,3H2,(H3,12,13);1-2H,3H2;1H. The minimum absolute atomic E-state index is 0. The summed E-state index contributed by atoms with van der Waals surface area (Å²) in [5.74, 6) is -0.565. The Morgan fingerprint density at radius 1 is 0.962 bits per heavy atom. The fourth-order valence-electron chi connectivity index (χ4n) is 1.54. The monoisotopic (exact) mass is 588 g/mol. The molecule has 2 rings (SSSR count). The molecule has 0 saturated heterocycles. The van der Waals surface area contributed by atoms with Crippen LogP contribution in [0.15, 0.2) is 24.3 Å². The quantitative estimate of drug-likeness (QED) is 0.165. The molecule has 0 unspecified atom stereocenters. The van der Waals surface area contributed by atoms with E-state index in [-0.39, 0.29) is 49.3 Å². The highest BCUT2D eigenvalue weighted by molar-refractivity contribution is 9.08. The molecular formula is C15H12Br2Cl4F2N2S. The highest BCUT2D eigenvalue weighted by atomic mass is 79.9. The van der Waals surface area contributed by atoms with Crippen LogP contribution in [0.3, 0.4) is 0 Å². The molecule has 2 aromatic carbocycles. The average molecular weight is 592 g/mol. The van der Waals surface area contributed by atoms with Crippen LogP contribution in [0.4, 0.5) is 8.78 Å². The highest BCUT2D eigenvalue weighted by Crippen LogP contribution is 2.30. The molecule has 0 spiro atoms. The van der Waals surface area contributed by atoms with Gasteiger partial charge in [-0.25, -0.2) is 8.78 Å². The van der Waals surface area contributed by atoms with E-state index in [0.29, 0.717) is 20.9 Å². The van der Waals surface area contributed by atoms with Gasteiger partial charge in [0.2, 0.25) is 0 Å². The van der Waals surface area contributed by atoms with Gasteiger partial charge in [0.1, 0.15) is 11.6 Å². The van der Waals surface area contributed by atoms with Gasteiger partial charge in [-0.05, 0) is 24.3 Å². The maximum atomic E-state index is 13.2. The number of amidine groups is 1. The van der Waals surface area contributed by atoms with Gasteiger partial charge in [0, 0.05) is 22.2 Å². The van der Waals surface area contributed by atoms with Crippen molar-refractivity contribution < 1.29 is 8.78 Å². The summed E-state index contributed by atoms with van der Waals surface area (Å²) in [5.41, 5.74) is 5.81. The zero-order valence-corrected chi connectivity index (χ0v) is 19.9. The molecule has 0 fully saturated rings. The lowest BCUT2D eigenvalue weighted by molar-refractivity contribution is 0.617. The lowest BCUT2D eigenvalue weighted by Crippen LogP contribution is -2.04. The van der Waals surface area contributed by atoms with E-state index in [1.54, 1.807) is 0 Å². The fourth-order valence-corrected chi connectivity index (χ4v) is 3.71. The maximum Gasteiger partial charge on any atom is 0.151 e. The van der Waals surface area contributed by atoms with Crippen molar-refractivity contribution in [3.8, 4) is 0 Å².